The molecule has 172 valence electrons. The Bertz CT molecular complexity index is 1550. The molecule has 2 aromatic carbocycles. The van der Waals surface area contributed by atoms with Gasteiger partial charge in [0.1, 0.15) is 11.3 Å². The first kappa shape index (κ1) is 22.9. The number of nitriles is 1. The van der Waals surface area contributed by atoms with Crippen molar-refractivity contribution in [1.82, 2.24) is 19.3 Å². The zero-order chi connectivity index (χ0) is 24.5. The van der Waals surface area contributed by atoms with E-state index in [0.717, 1.165) is 11.4 Å². The van der Waals surface area contributed by atoms with Gasteiger partial charge >= 0.3 is 5.97 Å². The smallest absolute Gasteiger partial charge is 0.337 e. The number of aromatic carboxylic acids is 1. The maximum atomic E-state index is 12.4. The van der Waals surface area contributed by atoms with Gasteiger partial charge in [0.15, 0.2) is 11.8 Å². The molecule has 0 unspecified atom stereocenters. The maximum Gasteiger partial charge on any atom is 0.337 e. The van der Waals surface area contributed by atoms with E-state index < -0.39 is 16.0 Å². The van der Waals surface area contributed by atoms with Crippen LogP contribution in [0.5, 0.6) is 0 Å². The molecule has 0 spiro atoms. The van der Waals surface area contributed by atoms with Crippen molar-refractivity contribution in [1.29, 1.82) is 5.26 Å². The van der Waals surface area contributed by atoms with Gasteiger partial charge in [0, 0.05) is 18.2 Å². The molecular formula is C24H21N5O4S. The van der Waals surface area contributed by atoms with E-state index in [-0.39, 0.29) is 10.5 Å². The lowest BCUT2D eigenvalue weighted by molar-refractivity contribution is 0.0696. The minimum atomic E-state index is -3.96. The molecule has 10 heteroatoms. The Balaban J connectivity index is 1.71. The zero-order valence-electron chi connectivity index (χ0n) is 18.5. The molecule has 4 aromatic rings. The van der Waals surface area contributed by atoms with E-state index in [0.29, 0.717) is 40.8 Å². The van der Waals surface area contributed by atoms with Crippen molar-refractivity contribution in [2.75, 3.05) is 0 Å². The Hall–Kier alpha value is -4.23. The van der Waals surface area contributed by atoms with Crippen molar-refractivity contribution in [2.24, 2.45) is 0 Å². The third kappa shape index (κ3) is 4.09. The summed E-state index contributed by atoms with van der Waals surface area (Å²) in [4.78, 5) is 20.5. The maximum absolute atomic E-state index is 12.4. The first-order chi connectivity index (χ1) is 16.3. The number of sulfonamides is 1. The molecule has 0 fully saturated rings. The number of hydrogen-bond acceptors (Lipinski definition) is 6. The highest BCUT2D eigenvalue weighted by molar-refractivity contribution is 7.89. The van der Waals surface area contributed by atoms with Gasteiger partial charge in [0.25, 0.3) is 10.0 Å². The number of imidazole rings is 1. The van der Waals surface area contributed by atoms with Crippen LogP contribution in [0.1, 0.15) is 34.2 Å². The number of carboxylic acids is 1. The fraction of sp³-hybridized carbons (Fsp3) is 0.167. The second-order valence-corrected chi connectivity index (χ2v) is 9.30. The van der Waals surface area contributed by atoms with Crippen molar-refractivity contribution in [3.8, 4) is 17.3 Å². The van der Waals surface area contributed by atoms with E-state index in [9.17, 15) is 18.3 Å². The van der Waals surface area contributed by atoms with E-state index in [1.807, 2.05) is 40.5 Å². The van der Waals surface area contributed by atoms with Crippen LogP contribution in [0.4, 0.5) is 0 Å². The Morgan fingerprint density at radius 1 is 1.18 bits per heavy atom. The molecule has 34 heavy (non-hydrogen) atoms. The van der Waals surface area contributed by atoms with Crippen LogP contribution in [0.2, 0.25) is 0 Å². The minimum Gasteiger partial charge on any atom is -0.478 e. The van der Waals surface area contributed by atoms with Crippen LogP contribution in [0.15, 0.2) is 59.6 Å². The number of aryl methyl sites for hydroxylation is 2. The lowest BCUT2D eigenvalue weighted by Gasteiger charge is -2.11. The predicted molar refractivity (Wildman–Crippen MR) is 126 cm³/mol. The molecule has 9 nitrogen and oxygen atoms in total. The van der Waals surface area contributed by atoms with Gasteiger partial charge in [-0.05, 0) is 29.7 Å². The SMILES string of the molecule is CCc1nc2c(C)c(C(=O)O)cnc2n1Cc1ccc(-c2ccccc2S(=O)(=O)NC#N)cc1. The number of carboxylic acid groups (broad SMARTS) is 1. The molecule has 2 N–H and O–H groups in total. The van der Waals surface area contributed by atoms with Crippen molar-refractivity contribution in [3.05, 3.63) is 77.2 Å². The van der Waals surface area contributed by atoms with Gasteiger partial charge in [-0.25, -0.2) is 27.9 Å². The number of carbonyl (C=O) groups is 1. The summed E-state index contributed by atoms with van der Waals surface area (Å²) >= 11 is 0. The standard InChI is InChI=1S/C24H21N5O4S/c1-3-21-28-22-15(2)19(24(30)31)12-26-23(22)29(21)13-16-8-10-17(11-9-16)18-6-4-5-7-20(18)34(32,33)27-14-25/h4-12,27H,3,13H2,1-2H3,(H,30,31). The summed E-state index contributed by atoms with van der Waals surface area (Å²) in [5, 5.41) is 18.2. The summed E-state index contributed by atoms with van der Waals surface area (Å²) in [6.07, 6.45) is 3.47. The summed E-state index contributed by atoms with van der Waals surface area (Å²) in [6, 6.07) is 13.9. The van der Waals surface area contributed by atoms with Gasteiger partial charge in [-0.15, -0.1) is 0 Å². The van der Waals surface area contributed by atoms with Crippen molar-refractivity contribution >= 4 is 27.2 Å². The second kappa shape index (κ2) is 8.96. The molecule has 0 saturated carbocycles. The molecule has 0 amide bonds. The van der Waals surface area contributed by atoms with Crippen LogP contribution in [0, 0.1) is 18.4 Å². The van der Waals surface area contributed by atoms with Crippen LogP contribution in [-0.2, 0) is 23.0 Å². The fourth-order valence-electron chi connectivity index (χ4n) is 3.90. The number of nitrogens with zero attached hydrogens (tertiary/aromatic N) is 4. The van der Waals surface area contributed by atoms with Crippen LogP contribution < -0.4 is 4.72 Å². The number of rotatable bonds is 7. The summed E-state index contributed by atoms with van der Waals surface area (Å²) < 4.78 is 28.6. The van der Waals surface area contributed by atoms with Crippen LogP contribution in [-0.4, -0.2) is 34.0 Å². The normalized spacial score (nSPS) is 11.3. The van der Waals surface area contributed by atoms with Gasteiger partial charge in [0.05, 0.1) is 17.0 Å². The average Bonchev–Trinajstić information content (AvgIpc) is 3.18. The van der Waals surface area contributed by atoms with E-state index in [1.165, 1.54) is 18.5 Å². The van der Waals surface area contributed by atoms with Gasteiger partial charge in [-0.2, -0.15) is 5.26 Å². The summed E-state index contributed by atoms with van der Waals surface area (Å²) in [5.74, 6) is -0.251. The quantitative estimate of drug-likeness (QED) is 0.308. The van der Waals surface area contributed by atoms with E-state index in [4.69, 9.17) is 5.26 Å². The number of fused-ring (bicyclic) bond motifs is 1. The van der Waals surface area contributed by atoms with Crippen molar-refractivity contribution < 1.29 is 18.3 Å². The number of pyridine rings is 1. The van der Waals surface area contributed by atoms with Crippen LogP contribution in [0.25, 0.3) is 22.3 Å². The lowest BCUT2D eigenvalue weighted by atomic mass is 10.0. The average molecular weight is 476 g/mol. The first-order valence-corrected chi connectivity index (χ1v) is 11.9. The van der Waals surface area contributed by atoms with Gasteiger partial charge in [0.2, 0.25) is 0 Å². The second-order valence-electron chi connectivity index (χ2n) is 7.65. The number of aromatic nitrogens is 3. The minimum absolute atomic E-state index is 0.0204. The third-order valence-corrected chi connectivity index (χ3v) is 6.90. The molecule has 0 aliphatic heterocycles. The van der Waals surface area contributed by atoms with Crippen LogP contribution >= 0.6 is 0 Å². The molecule has 0 saturated heterocycles. The van der Waals surface area contributed by atoms with Crippen LogP contribution in [0.3, 0.4) is 0 Å². The molecule has 0 bridgehead atoms. The van der Waals surface area contributed by atoms with Crippen molar-refractivity contribution in [2.45, 2.75) is 31.7 Å². The summed E-state index contributed by atoms with van der Waals surface area (Å²) in [7, 11) is -3.96. The topological polar surface area (TPSA) is 138 Å². The van der Waals surface area contributed by atoms with Gasteiger partial charge < -0.3 is 9.67 Å². The summed E-state index contributed by atoms with van der Waals surface area (Å²) in [6.45, 7) is 4.17. The van der Waals surface area contributed by atoms with E-state index in [1.54, 1.807) is 25.1 Å². The monoisotopic (exact) mass is 475 g/mol. The predicted octanol–water partition coefficient (Wildman–Crippen LogP) is 3.48. The highest BCUT2D eigenvalue weighted by Crippen LogP contribution is 2.28. The largest absolute Gasteiger partial charge is 0.478 e. The molecular weight excluding hydrogens is 454 g/mol. The number of hydrogen-bond donors (Lipinski definition) is 2. The van der Waals surface area contributed by atoms with Gasteiger partial charge in [-0.1, -0.05) is 49.4 Å². The molecule has 2 heterocycles. The Labute approximate surface area is 196 Å². The van der Waals surface area contributed by atoms with E-state index >= 15 is 0 Å². The number of nitrogens with one attached hydrogen (secondary N) is 1. The molecule has 0 atom stereocenters. The van der Waals surface area contributed by atoms with Crippen molar-refractivity contribution in [3.63, 3.8) is 0 Å². The first-order valence-electron chi connectivity index (χ1n) is 10.4. The Morgan fingerprint density at radius 2 is 1.88 bits per heavy atom. The third-order valence-electron chi connectivity index (χ3n) is 5.60. The number of benzene rings is 2. The Morgan fingerprint density at radius 3 is 2.53 bits per heavy atom. The molecule has 0 radical (unpaired) electrons. The molecule has 4 rings (SSSR count). The zero-order valence-corrected chi connectivity index (χ0v) is 19.3. The Kier molecular flexibility index (Phi) is 6.04. The fourth-order valence-corrected chi connectivity index (χ4v) is 4.86. The molecule has 0 aliphatic carbocycles. The molecule has 2 aromatic heterocycles. The highest BCUT2D eigenvalue weighted by Gasteiger charge is 2.20. The highest BCUT2D eigenvalue weighted by atomic mass is 32.2. The summed E-state index contributed by atoms with van der Waals surface area (Å²) in [5.41, 5.74) is 4.00. The molecule has 0 aliphatic rings. The lowest BCUT2D eigenvalue weighted by Crippen LogP contribution is -2.18. The van der Waals surface area contributed by atoms with Gasteiger partial charge in [-0.3, -0.25) is 0 Å². The van der Waals surface area contributed by atoms with E-state index in [2.05, 4.69) is 9.97 Å².